The van der Waals surface area contributed by atoms with Crippen LogP contribution in [0.25, 0.3) is 0 Å². The van der Waals surface area contributed by atoms with E-state index in [2.05, 4.69) is 10.3 Å². The summed E-state index contributed by atoms with van der Waals surface area (Å²) in [7, 11) is 0. The fourth-order valence-electron chi connectivity index (χ4n) is 1.67. The molecule has 0 aliphatic rings. The largest absolute Gasteiger partial charge is 0.396 e. The van der Waals surface area contributed by atoms with Crippen LogP contribution < -0.4 is 11.1 Å². The fourth-order valence-corrected chi connectivity index (χ4v) is 2.16. The van der Waals surface area contributed by atoms with Crippen molar-refractivity contribution in [2.75, 3.05) is 5.73 Å². The Morgan fingerprint density at radius 3 is 2.60 bits per heavy atom. The number of amides is 1. The molecule has 2 rings (SSSR count). The Kier molecular flexibility index (Phi) is 4.47. The molecular formula is C14H13Cl2N3O. The molecule has 2 aromatic rings. The average Bonchev–Trinajstić information content (AvgIpc) is 2.43. The zero-order valence-electron chi connectivity index (χ0n) is 10.8. The second-order valence-electron chi connectivity index (χ2n) is 4.34. The van der Waals surface area contributed by atoms with Crippen LogP contribution in [0, 0.1) is 6.92 Å². The van der Waals surface area contributed by atoms with Crippen LogP contribution in [0.2, 0.25) is 10.0 Å². The Balaban J connectivity index is 2.11. The summed E-state index contributed by atoms with van der Waals surface area (Å²) < 4.78 is 0. The predicted octanol–water partition coefficient (Wildman–Crippen LogP) is 3.21. The molecule has 0 atom stereocenters. The molecule has 1 heterocycles. The van der Waals surface area contributed by atoms with Gasteiger partial charge in [-0.3, -0.25) is 9.78 Å². The van der Waals surface area contributed by atoms with Gasteiger partial charge in [-0.1, -0.05) is 23.2 Å². The normalized spacial score (nSPS) is 10.3. The number of aryl methyl sites for hydroxylation is 1. The van der Waals surface area contributed by atoms with Crippen LogP contribution in [-0.4, -0.2) is 10.9 Å². The molecule has 0 aliphatic carbocycles. The van der Waals surface area contributed by atoms with Gasteiger partial charge in [0.25, 0.3) is 5.91 Å². The molecule has 1 aromatic heterocycles. The van der Waals surface area contributed by atoms with Gasteiger partial charge in [0.2, 0.25) is 0 Å². The van der Waals surface area contributed by atoms with E-state index in [4.69, 9.17) is 28.9 Å². The maximum absolute atomic E-state index is 12.1. The zero-order chi connectivity index (χ0) is 14.7. The van der Waals surface area contributed by atoms with Crippen molar-refractivity contribution in [3.63, 3.8) is 0 Å². The van der Waals surface area contributed by atoms with Gasteiger partial charge in [-0.2, -0.15) is 0 Å². The van der Waals surface area contributed by atoms with E-state index in [9.17, 15) is 4.79 Å². The smallest absolute Gasteiger partial charge is 0.251 e. The number of nitrogen functional groups attached to an aromatic ring is 1. The van der Waals surface area contributed by atoms with Gasteiger partial charge in [0.1, 0.15) is 0 Å². The Hall–Kier alpha value is -1.78. The monoisotopic (exact) mass is 309 g/mol. The lowest BCUT2D eigenvalue weighted by atomic mass is 10.1. The Morgan fingerprint density at radius 1 is 1.35 bits per heavy atom. The fraction of sp³-hybridized carbons (Fsp3) is 0.143. The van der Waals surface area contributed by atoms with Crippen LogP contribution >= 0.6 is 23.2 Å². The number of halogens is 2. The highest BCUT2D eigenvalue weighted by Crippen LogP contribution is 2.28. The van der Waals surface area contributed by atoms with Gasteiger partial charge in [0, 0.05) is 24.5 Å². The van der Waals surface area contributed by atoms with Crippen molar-refractivity contribution in [1.29, 1.82) is 0 Å². The van der Waals surface area contributed by atoms with Gasteiger partial charge >= 0.3 is 0 Å². The van der Waals surface area contributed by atoms with Crippen molar-refractivity contribution in [3.05, 3.63) is 57.3 Å². The zero-order valence-corrected chi connectivity index (χ0v) is 12.3. The molecule has 0 aliphatic heterocycles. The lowest BCUT2D eigenvalue weighted by Gasteiger charge is -2.09. The van der Waals surface area contributed by atoms with Crippen molar-refractivity contribution in [3.8, 4) is 0 Å². The second kappa shape index (κ2) is 6.11. The molecule has 0 radical (unpaired) electrons. The molecule has 0 saturated carbocycles. The summed E-state index contributed by atoms with van der Waals surface area (Å²) in [6.07, 6.45) is 3.43. The third kappa shape index (κ3) is 3.21. The molecule has 1 amide bonds. The number of hydrogen-bond donors (Lipinski definition) is 2. The van der Waals surface area contributed by atoms with E-state index >= 15 is 0 Å². The lowest BCUT2D eigenvalue weighted by Crippen LogP contribution is -2.23. The van der Waals surface area contributed by atoms with E-state index in [0.717, 1.165) is 11.1 Å². The first-order valence-electron chi connectivity index (χ1n) is 5.91. The molecular weight excluding hydrogens is 297 g/mol. The summed E-state index contributed by atoms with van der Waals surface area (Å²) in [6, 6.07) is 4.88. The van der Waals surface area contributed by atoms with Gasteiger partial charge in [-0.05, 0) is 36.2 Å². The standard InChI is InChI=1S/C14H13Cl2N3O/c1-8-2-3-18-6-10(8)7-19-14(20)9-4-11(15)13(17)12(16)5-9/h2-6H,7,17H2,1H3,(H,19,20). The number of carbonyl (C=O) groups is 1. The van der Waals surface area contributed by atoms with Crippen molar-refractivity contribution in [2.24, 2.45) is 0 Å². The molecule has 0 spiro atoms. The lowest BCUT2D eigenvalue weighted by molar-refractivity contribution is 0.0951. The van der Waals surface area contributed by atoms with Gasteiger partial charge in [0.15, 0.2) is 0 Å². The minimum absolute atomic E-state index is 0.264. The number of hydrogen-bond acceptors (Lipinski definition) is 3. The summed E-state index contributed by atoms with van der Waals surface area (Å²) in [5.41, 5.74) is 8.29. The number of aromatic nitrogens is 1. The number of nitrogens with one attached hydrogen (secondary N) is 1. The molecule has 4 nitrogen and oxygen atoms in total. The van der Waals surface area contributed by atoms with Gasteiger partial charge in [-0.15, -0.1) is 0 Å². The van der Waals surface area contributed by atoms with Crippen molar-refractivity contribution >= 4 is 34.8 Å². The Morgan fingerprint density at radius 2 is 2.00 bits per heavy atom. The van der Waals surface area contributed by atoms with Gasteiger partial charge in [-0.25, -0.2) is 0 Å². The predicted molar refractivity (Wildman–Crippen MR) is 81.0 cm³/mol. The van der Waals surface area contributed by atoms with Crippen LogP contribution in [0.3, 0.4) is 0 Å². The minimum Gasteiger partial charge on any atom is -0.396 e. The van der Waals surface area contributed by atoms with Crippen LogP contribution in [0.4, 0.5) is 5.69 Å². The highest BCUT2D eigenvalue weighted by molar-refractivity contribution is 6.39. The van der Waals surface area contributed by atoms with E-state index in [1.165, 1.54) is 12.1 Å². The van der Waals surface area contributed by atoms with Crippen molar-refractivity contribution < 1.29 is 4.79 Å². The van der Waals surface area contributed by atoms with E-state index in [1.807, 2.05) is 13.0 Å². The highest BCUT2D eigenvalue weighted by atomic mass is 35.5. The average molecular weight is 310 g/mol. The van der Waals surface area contributed by atoms with Crippen LogP contribution in [0.5, 0.6) is 0 Å². The first-order valence-corrected chi connectivity index (χ1v) is 6.67. The third-order valence-corrected chi connectivity index (χ3v) is 3.55. The molecule has 0 saturated heterocycles. The SMILES string of the molecule is Cc1ccncc1CNC(=O)c1cc(Cl)c(N)c(Cl)c1. The van der Waals surface area contributed by atoms with E-state index in [-0.39, 0.29) is 21.6 Å². The maximum Gasteiger partial charge on any atom is 0.251 e. The van der Waals surface area contributed by atoms with Crippen molar-refractivity contribution in [1.82, 2.24) is 10.3 Å². The van der Waals surface area contributed by atoms with Crippen LogP contribution in [-0.2, 0) is 6.54 Å². The number of nitrogens with two attached hydrogens (primary N) is 1. The van der Waals surface area contributed by atoms with E-state index < -0.39 is 0 Å². The number of anilines is 1. The molecule has 0 unspecified atom stereocenters. The molecule has 3 N–H and O–H groups in total. The number of benzene rings is 1. The highest BCUT2D eigenvalue weighted by Gasteiger charge is 2.11. The second-order valence-corrected chi connectivity index (χ2v) is 5.15. The number of carbonyl (C=O) groups excluding carboxylic acids is 1. The number of pyridine rings is 1. The first kappa shape index (κ1) is 14.6. The Bertz CT molecular complexity index is 636. The van der Waals surface area contributed by atoms with Gasteiger partial charge < -0.3 is 11.1 Å². The minimum atomic E-state index is -0.267. The molecule has 0 bridgehead atoms. The molecule has 20 heavy (non-hydrogen) atoms. The molecule has 6 heteroatoms. The van der Waals surface area contributed by atoms with Crippen LogP contribution in [0.15, 0.2) is 30.6 Å². The Labute approximate surface area is 126 Å². The third-order valence-electron chi connectivity index (χ3n) is 2.93. The summed E-state index contributed by atoms with van der Waals surface area (Å²) in [6.45, 7) is 2.35. The summed E-state index contributed by atoms with van der Waals surface area (Å²) in [5.74, 6) is -0.267. The molecule has 104 valence electrons. The quantitative estimate of drug-likeness (QED) is 0.855. The molecule has 0 fully saturated rings. The van der Waals surface area contributed by atoms with E-state index in [1.54, 1.807) is 12.4 Å². The number of rotatable bonds is 3. The first-order chi connectivity index (χ1) is 9.49. The van der Waals surface area contributed by atoms with Crippen molar-refractivity contribution in [2.45, 2.75) is 13.5 Å². The topological polar surface area (TPSA) is 68.0 Å². The van der Waals surface area contributed by atoms with Crippen LogP contribution in [0.1, 0.15) is 21.5 Å². The summed E-state index contributed by atoms with van der Waals surface area (Å²) in [5, 5.41) is 3.32. The number of nitrogens with zero attached hydrogens (tertiary/aromatic N) is 1. The van der Waals surface area contributed by atoms with E-state index in [0.29, 0.717) is 12.1 Å². The molecule has 1 aromatic carbocycles. The van der Waals surface area contributed by atoms with Gasteiger partial charge in [0.05, 0.1) is 15.7 Å². The summed E-state index contributed by atoms with van der Waals surface area (Å²) in [4.78, 5) is 16.1. The summed E-state index contributed by atoms with van der Waals surface area (Å²) >= 11 is 11.8. The maximum atomic E-state index is 12.1.